The minimum absolute atomic E-state index is 0. The molecule has 2 aromatic heterocycles. The van der Waals surface area contributed by atoms with Crippen LogP contribution in [0.5, 0.6) is 0 Å². The fourth-order valence-electron chi connectivity index (χ4n) is 1.21. The quantitative estimate of drug-likeness (QED) is 0.847. The number of amides is 1. The summed E-state index contributed by atoms with van der Waals surface area (Å²) in [4.78, 5) is 28.9. The van der Waals surface area contributed by atoms with E-state index in [4.69, 9.17) is 5.73 Å². The van der Waals surface area contributed by atoms with Gasteiger partial charge in [0.1, 0.15) is 5.52 Å². The largest absolute Gasteiger partial charge is 0.663 e. The molecule has 0 aliphatic rings. The second kappa shape index (κ2) is 4.64. The summed E-state index contributed by atoms with van der Waals surface area (Å²) in [5, 5.41) is 0. The number of carbonyl (C=O) groups is 1. The normalized spacial score (nSPS) is 9.60. The summed E-state index contributed by atoms with van der Waals surface area (Å²) < 4.78 is 0. The summed E-state index contributed by atoms with van der Waals surface area (Å²) >= 11 is 0. The third-order valence-electron chi connectivity index (χ3n) is 1.88. The van der Waals surface area contributed by atoms with E-state index >= 15 is 0 Å². The van der Waals surface area contributed by atoms with Gasteiger partial charge in [0, 0.05) is 45.1 Å². The molecule has 0 saturated heterocycles. The summed E-state index contributed by atoms with van der Waals surface area (Å²) in [6.45, 7) is 0. The van der Waals surface area contributed by atoms with E-state index in [1.807, 2.05) is 0 Å². The van der Waals surface area contributed by atoms with Gasteiger partial charge in [-0.05, 0) is 12.1 Å². The molecule has 2 rings (SSSR count). The zero-order valence-electron chi connectivity index (χ0n) is 7.65. The van der Waals surface area contributed by atoms with Gasteiger partial charge < -0.3 is 15.5 Å². The van der Waals surface area contributed by atoms with Crippen molar-refractivity contribution in [3.63, 3.8) is 0 Å². The number of H-pyrrole nitrogens is 1. The molecule has 0 atom stereocenters. The van der Waals surface area contributed by atoms with Gasteiger partial charge in [-0.2, -0.15) is 0 Å². The van der Waals surface area contributed by atoms with Crippen molar-refractivity contribution in [1.82, 2.24) is 9.97 Å². The number of fused-ring (bicyclic) bond motifs is 1. The van der Waals surface area contributed by atoms with Crippen LogP contribution in [-0.4, -0.2) is 15.9 Å². The van der Waals surface area contributed by atoms with Crippen molar-refractivity contribution in [3.05, 3.63) is 46.0 Å². The molecule has 2 heterocycles. The molecule has 15 heavy (non-hydrogen) atoms. The maximum atomic E-state index is 11.5. The maximum Gasteiger partial charge on any atom is 0.216 e. The summed E-state index contributed by atoms with van der Waals surface area (Å²) in [6.07, 6.45) is 2.71. The predicted octanol–water partition coefficient (Wildman–Crippen LogP) is 1.11. The van der Waals surface area contributed by atoms with Crippen LogP contribution in [-0.2, 0) is 32.7 Å². The molecule has 1 radical (unpaired) electrons. The average Bonchev–Trinajstić information content (AvgIpc) is 2.18. The fourth-order valence-corrected chi connectivity index (χ4v) is 1.21. The molecule has 0 fully saturated rings. The van der Waals surface area contributed by atoms with Crippen molar-refractivity contribution in [1.29, 1.82) is 0 Å². The summed E-state index contributed by atoms with van der Waals surface area (Å²) in [7, 11) is 0. The van der Waals surface area contributed by atoms with E-state index in [-0.39, 0.29) is 43.8 Å². The van der Waals surface area contributed by atoms with E-state index < -0.39 is 11.3 Å². The first-order valence-corrected chi connectivity index (χ1v) is 3.92. The van der Waals surface area contributed by atoms with Crippen LogP contribution in [0.1, 0.15) is 10.4 Å². The van der Waals surface area contributed by atoms with Crippen molar-refractivity contribution in [2.24, 2.45) is 0 Å². The molecule has 0 aromatic carbocycles. The number of aromatic amines is 1. The van der Waals surface area contributed by atoms with Crippen LogP contribution < -0.4 is 5.43 Å². The Labute approximate surface area is 110 Å². The zero-order chi connectivity index (χ0) is 10.1. The third-order valence-corrected chi connectivity index (χ3v) is 1.88. The summed E-state index contributed by atoms with van der Waals surface area (Å²) in [5.74, 6) is -1.00. The molecule has 0 aliphatic heterocycles. The minimum Gasteiger partial charge on any atom is -0.663 e. The molecule has 73 valence electrons. The molecule has 0 saturated carbocycles. The molecule has 0 spiro atoms. The van der Waals surface area contributed by atoms with Gasteiger partial charge in [-0.3, -0.25) is 9.78 Å². The first kappa shape index (κ1) is 12.0. The van der Waals surface area contributed by atoms with Gasteiger partial charge >= 0.3 is 0 Å². The van der Waals surface area contributed by atoms with E-state index in [1.54, 1.807) is 12.1 Å². The van der Waals surface area contributed by atoms with Gasteiger partial charge in [-0.25, -0.2) is 0 Å². The van der Waals surface area contributed by atoms with Crippen LogP contribution in [0, 0.1) is 0 Å². The number of rotatable bonds is 1. The summed E-state index contributed by atoms with van der Waals surface area (Å²) in [5.41, 5.74) is 6.91. The van der Waals surface area contributed by atoms with Gasteiger partial charge in [0.25, 0.3) is 0 Å². The zero-order valence-corrected chi connectivity index (χ0v) is 10.5. The Kier molecular flexibility index (Phi) is 3.71. The second-order valence-electron chi connectivity index (χ2n) is 2.76. The van der Waals surface area contributed by atoms with Crippen molar-refractivity contribution in [2.75, 3.05) is 0 Å². The third kappa shape index (κ3) is 2.13. The Balaban J connectivity index is 0.00000112. The number of aromatic nitrogens is 2. The molecule has 6 heteroatoms. The van der Waals surface area contributed by atoms with E-state index in [1.165, 1.54) is 12.4 Å². The van der Waals surface area contributed by atoms with E-state index in [0.717, 1.165) is 0 Å². The Morgan fingerprint density at radius 1 is 1.47 bits per heavy atom. The Morgan fingerprint density at radius 3 is 2.87 bits per heavy atom. The van der Waals surface area contributed by atoms with Crippen LogP contribution in [0.15, 0.2) is 29.3 Å². The van der Waals surface area contributed by atoms with Gasteiger partial charge in [-0.1, -0.05) is 0 Å². The van der Waals surface area contributed by atoms with Crippen molar-refractivity contribution < 1.29 is 37.5 Å². The van der Waals surface area contributed by atoms with Gasteiger partial charge in [-0.15, -0.1) is 0 Å². The molecular formula is C9H6N3O2Y-. The van der Waals surface area contributed by atoms with Crippen molar-refractivity contribution in [3.8, 4) is 0 Å². The second-order valence-corrected chi connectivity index (χ2v) is 2.76. The van der Waals surface area contributed by atoms with Crippen LogP contribution in [0.25, 0.3) is 16.8 Å². The molecule has 2 N–H and O–H groups in total. The van der Waals surface area contributed by atoms with Crippen molar-refractivity contribution >= 4 is 16.9 Å². The molecule has 2 aromatic rings. The number of nitrogens with zero attached hydrogens (tertiary/aromatic N) is 1. The number of pyridine rings is 2. The Hall–Kier alpha value is -1.07. The molecule has 0 aliphatic carbocycles. The number of carbonyl (C=O) groups excluding carboxylic acids is 1. The molecular weight excluding hydrogens is 271 g/mol. The molecule has 1 amide bonds. The first-order valence-electron chi connectivity index (χ1n) is 3.92. The van der Waals surface area contributed by atoms with Crippen LogP contribution in [0.4, 0.5) is 0 Å². The van der Waals surface area contributed by atoms with Crippen molar-refractivity contribution in [2.45, 2.75) is 0 Å². The van der Waals surface area contributed by atoms with E-state index in [0.29, 0.717) is 5.52 Å². The maximum absolute atomic E-state index is 11.5. The standard InChI is InChI=1S/C9H7N3O2.Y/c10-9(14)5-4-12-6-2-1-3-11-7(6)8(5)13;/h1-4H,(H3,10,12,13,14);/p-1. The minimum atomic E-state index is -1.00. The van der Waals surface area contributed by atoms with E-state index in [2.05, 4.69) is 9.97 Å². The van der Waals surface area contributed by atoms with E-state index in [9.17, 15) is 9.59 Å². The Morgan fingerprint density at radius 2 is 2.20 bits per heavy atom. The molecule has 0 unspecified atom stereocenters. The monoisotopic (exact) mass is 277 g/mol. The molecule has 5 nitrogen and oxygen atoms in total. The average molecular weight is 277 g/mol. The number of nitrogens with one attached hydrogen (secondary N) is 2. The van der Waals surface area contributed by atoms with Gasteiger partial charge in [0.15, 0.2) is 0 Å². The predicted molar refractivity (Wildman–Crippen MR) is 51.0 cm³/mol. The SMILES string of the molecule is [NH-]C(=O)c1c[nH]c2cccnc2c1=O.[Y]. The topological polar surface area (TPSA) is 86.6 Å². The fraction of sp³-hybridized carbons (Fsp3) is 0. The number of hydrogen-bond donors (Lipinski definition) is 1. The van der Waals surface area contributed by atoms with Crippen LogP contribution >= 0.6 is 0 Å². The van der Waals surface area contributed by atoms with Crippen LogP contribution in [0.3, 0.4) is 0 Å². The molecule has 0 bridgehead atoms. The van der Waals surface area contributed by atoms with Gasteiger partial charge in [0.05, 0.1) is 17.0 Å². The van der Waals surface area contributed by atoms with Crippen LogP contribution in [0.2, 0.25) is 0 Å². The Bertz CT molecular complexity index is 565. The first-order chi connectivity index (χ1) is 6.70. The summed E-state index contributed by atoms with van der Waals surface area (Å²) in [6, 6.07) is 3.36. The number of hydrogen-bond acceptors (Lipinski definition) is 3. The smallest absolute Gasteiger partial charge is 0.216 e. The van der Waals surface area contributed by atoms with Gasteiger partial charge in [0.2, 0.25) is 5.43 Å².